The average molecular weight is 389 g/mol. The number of nitrogen functional groups attached to an aromatic ring is 1. The van der Waals surface area contributed by atoms with Gasteiger partial charge in [0.05, 0.1) is 5.52 Å². The van der Waals surface area contributed by atoms with Crippen molar-refractivity contribution in [2.45, 2.75) is 31.6 Å². The summed E-state index contributed by atoms with van der Waals surface area (Å²) >= 11 is 0. The third kappa shape index (κ3) is 4.60. The molecular formula is C25H28N2O2. The SMILES string of the molecule is C=CCCC(c1cc2cc(Oc3ccccc3)ccc2nc1N)C1CCOCC1. The Kier molecular flexibility index (Phi) is 6.11. The number of rotatable bonds is 7. The van der Waals surface area contributed by atoms with Gasteiger partial charge >= 0.3 is 0 Å². The molecule has 29 heavy (non-hydrogen) atoms. The van der Waals surface area contributed by atoms with E-state index in [0.717, 1.165) is 66.9 Å². The van der Waals surface area contributed by atoms with E-state index in [0.29, 0.717) is 17.7 Å². The minimum absolute atomic E-state index is 0.368. The molecule has 0 saturated carbocycles. The summed E-state index contributed by atoms with van der Waals surface area (Å²) in [5, 5.41) is 1.05. The number of nitrogens with two attached hydrogens (primary N) is 1. The smallest absolute Gasteiger partial charge is 0.128 e. The average Bonchev–Trinajstić information content (AvgIpc) is 2.76. The van der Waals surface area contributed by atoms with E-state index in [2.05, 4.69) is 12.6 Å². The van der Waals surface area contributed by atoms with Gasteiger partial charge in [-0.25, -0.2) is 4.98 Å². The van der Waals surface area contributed by atoms with Crippen molar-refractivity contribution in [2.75, 3.05) is 18.9 Å². The molecule has 1 aromatic heterocycles. The second-order valence-electron chi connectivity index (χ2n) is 7.65. The fraction of sp³-hybridized carbons (Fsp3) is 0.320. The molecular weight excluding hydrogens is 360 g/mol. The highest BCUT2D eigenvalue weighted by atomic mass is 16.5. The van der Waals surface area contributed by atoms with Gasteiger partial charge in [-0.3, -0.25) is 0 Å². The van der Waals surface area contributed by atoms with Gasteiger partial charge in [0.15, 0.2) is 0 Å². The van der Waals surface area contributed by atoms with Crippen LogP contribution in [0.4, 0.5) is 5.82 Å². The highest BCUT2D eigenvalue weighted by Gasteiger charge is 2.27. The normalized spacial score (nSPS) is 15.9. The second kappa shape index (κ2) is 9.10. The van der Waals surface area contributed by atoms with Gasteiger partial charge in [-0.15, -0.1) is 6.58 Å². The molecule has 1 aliphatic heterocycles. The standard InChI is InChI=1S/C25H28N2O2/c1-2-3-9-22(18-12-14-28-15-13-18)23-17-19-16-21(10-11-24(19)27-25(23)26)29-20-7-5-4-6-8-20/h2,4-8,10-11,16-18,22H,1,3,9,12-15H2,(H2,26,27). The zero-order chi connectivity index (χ0) is 20.1. The van der Waals surface area contributed by atoms with E-state index in [9.17, 15) is 0 Å². The lowest BCUT2D eigenvalue weighted by Gasteiger charge is -2.31. The minimum atomic E-state index is 0.368. The maximum atomic E-state index is 6.43. The molecule has 150 valence electrons. The molecule has 0 aliphatic carbocycles. The summed E-state index contributed by atoms with van der Waals surface area (Å²) in [4.78, 5) is 4.71. The number of benzene rings is 2. The topological polar surface area (TPSA) is 57.4 Å². The van der Waals surface area contributed by atoms with E-state index in [-0.39, 0.29) is 0 Å². The molecule has 4 nitrogen and oxygen atoms in total. The molecule has 3 aromatic rings. The van der Waals surface area contributed by atoms with Crippen LogP contribution in [0.3, 0.4) is 0 Å². The van der Waals surface area contributed by atoms with E-state index in [4.69, 9.17) is 20.2 Å². The van der Waals surface area contributed by atoms with Crippen molar-refractivity contribution in [3.05, 3.63) is 72.8 Å². The first-order valence-corrected chi connectivity index (χ1v) is 10.4. The zero-order valence-corrected chi connectivity index (χ0v) is 16.7. The molecule has 2 N–H and O–H groups in total. The number of para-hydroxylation sites is 1. The van der Waals surface area contributed by atoms with E-state index in [1.54, 1.807) is 0 Å². The van der Waals surface area contributed by atoms with Crippen LogP contribution in [0.1, 0.15) is 37.2 Å². The number of ether oxygens (including phenoxy) is 2. The van der Waals surface area contributed by atoms with Gasteiger partial charge in [-0.05, 0) is 79.5 Å². The molecule has 1 saturated heterocycles. The predicted octanol–water partition coefficient (Wildman–Crippen LogP) is 6.09. The number of nitrogens with zero attached hydrogens (tertiary/aromatic N) is 1. The maximum Gasteiger partial charge on any atom is 0.128 e. The fourth-order valence-corrected chi connectivity index (χ4v) is 4.23. The van der Waals surface area contributed by atoms with Crippen molar-refractivity contribution < 1.29 is 9.47 Å². The Labute approximate surface area is 172 Å². The Hall–Kier alpha value is -2.85. The first-order chi connectivity index (χ1) is 14.2. The summed E-state index contributed by atoms with van der Waals surface area (Å²) in [7, 11) is 0. The molecule has 0 spiro atoms. The Morgan fingerprint density at radius 3 is 2.66 bits per heavy atom. The molecule has 1 aliphatic rings. The quantitative estimate of drug-likeness (QED) is 0.498. The largest absolute Gasteiger partial charge is 0.457 e. The Bertz CT molecular complexity index is 965. The van der Waals surface area contributed by atoms with Crippen LogP contribution in [-0.2, 0) is 4.74 Å². The van der Waals surface area contributed by atoms with Crippen molar-refractivity contribution in [2.24, 2.45) is 5.92 Å². The summed E-state index contributed by atoms with van der Waals surface area (Å²) in [5.74, 6) is 3.19. The van der Waals surface area contributed by atoms with Crippen molar-refractivity contribution >= 4 is 16.7 Å². The van der Waals surface area contributed by atoms with Gasteiger partial charge in [0.25, 0.3) is 0 Å². The van der Waals surface area contributed by atoms with E-state index in [1.807, 2.05) is 54.6 Å². The highest BCUT2D eigenvalue weighted by Crippen LogP contribution is 2.39. The van der Waals surface area contributed by atoms with Crippen LogP contribution in [0.15, 0.2) is 67.3 Å². The Morgan fingerprint density at radius 2 is 1.90 bits per heavy atom. The fourth-order valence-electron chi connectivity index (χ4n) is 4.23. The van der Waals surface area contributed by atoms with Crippen LogP contribution in [0.2, 0.25) is 0 Å². The monoisotopic (exact) mass is 388 g/mol. The van der Waals surface area contributed by atoms with Gasteiger partial charge in [-0.2, -0.15) is 0 Å². The lowest BCUT2D eigenvalue weighted by Crippen LogP contribution is -2.23. The Morgan fingerprint density at radius 1 is 1.10 bits per heavy atom. The number of pyridine rings is 1. The molecule has 2 aromatic carbocycles. The summed E-state index contributed by atoms with van der Waals surface area (Å²) in [5.41, 5.74) is 8.46. The van der Waals surface area contributed by atoms with Gasteiger partial charge in [0.1, 0.15) is 17.3 Å². The van der Waals surface area contributed by atoms with E-state index >= 15 is 0 Å². The van der Waals surface area contributed by atoms with Gasteiger partial charge in [0.2, 0.25) is 0 Å². The van der Waals surface area contributed by atoms with Crippen LogP contribution in [0.25, 0.3) is 10.9 Å². The predicted molar refractivity (Wildman–Crippen MR) is 118 cm³/mol. The van der Waals surface area contributed by atoms with E-state index < -0.39 is 0 Å². The maximum absolute atomic E-state index is 6.43. The number of hydrogen-bond acceptors (Lipinski definition) is 4. The zero-order valence-electron chi connectivity index (χ0n) is 16.7. The first kappa shape index (κ1) is 19.5. The van der Waals surface area contributed by atoms with Crippen molar-refractivity contribution in [3.8, 4) is 11.5 Å². The molecule has 1 atom stereocenters. The van der Waals surface area contributed by atoms with Gasteiger partial charge in [0, 0.05) is 18.6 Å². The Balaban J connectivity index is 1.68. The first-order valence-electron chi connectivity index (χ1n) is 10.4. The third-order valence-electron chi connectivity index (χ3n) is 5.74. The number of anilines is 1. The lowest BCUT2D eigenvalue weighted by atomic mass is 9.78. The third-order valence-corrected chi connectivity index (χ3v) is 5.74. The van der Waals surface area contributed by atoms with Crippen molar-refractivity contribution in [3.63, 3.8) is 0 Å². The lowest BCUT2D eigenvalue weighted by molar-refractivity contribution is 0.0569. The number of allylic oxidation sites excluding steroid dienone is 1. The molecule has 1 fully saturated rings. The van der Waals surface area contributed by atoms with Crippen LogP contribution in [-0.4, -0.2) is 18.2 Å². The van der Waals surface area contributed by atoms with Crippen molar-refractivity contribution in [1.29, 1.82) is 0 Å². The van der Waals surface area contributed by atoms with Crippen LogP contribution in [0, 0.1) is 5.92 Å². The van der Waals surface area contributed by atoms with Gasteiger partial charge in [-0.1, -0.05) is 24.3 Å². The molecule has 4 heteroatoms. The molecule has 2 heterocycles. The van der Waals surface area contributed by atoms with Crippen LogP contribution in [0.5, 0.6) is 11.5 Å². The molecule has 0 bridgehead atoms. The summed E-state index contributed by atoms with van der Waals surface area (Å²) in [6.45, 7) is 5.56. The molecule has 1 unspecified atom stereocenters. The molecule has 0 amide bonds. The summed E-state index contributed by atoms with van der Waals surface area (Å²) in [6, 6.07) is 18.0. The van der Waals surface area contributed by atoms with Crippen LogP contribution < -0.4 is 10.5 Å². The number of hydrogen-bond donors (Lipinski definition) is 1. The van der Waals surface area contributed by atoms with Gasteiger partial charge < -0.3 is 15.2 Å². The van der Waals surface area contributed by atoms with Crippen LogP contribution >= 0.6 is 0 Å². The summed E-state index contributed by atoms with van der Waals surface area (Å²) < 4.78 is 11.6. The number of fused-ring (bicyclic) bond motifs is 1. The molecule has 4 rings (SSSR count). The minimum Gasteiger partial charge on any atom is -0.457 e. The second-order valence-corrected chi connectivity index (χ2v) is 7.65. The van der Waals surface area contributed by atoms with Crippen molar-refractivity contribution in [1.82, 2.24) is 4.98 Å². The highest BCUT2D eigenvalue weighted by molar-refractivity contribution is 5.83. The van der Waals surface area contributed by atoms with E-state index in [1.165, 1.54) is 0 Å². The summed E-state index contributed by atoms with van der Waals surface area (Å²) in [6.07, 6.45) is 6.12. The number of aromatic nitrogens is 1. The molecule has 0 radical (unpaired) electrons.